The summed E-state index contributed by atoms with van der Waals surface area (Å²) in [5.74, 6) is 3.85. The molecule has 2 aromatic rings. The largest absolute Gasteiger partial charge is 0.493 e. The van der Waals surface area contributed by atoms with Gasteiger partial charge in [-0.05, 0) is 29.7 Å². The van der Waals surface area contributed by atoms with Gasteiger partial charge in [0.05, 0.1) is 27.9 Å². The Morgan fingerprint density at radius 2 is 1.53 bits per heavy atom. The Bertz CT molecular complexity index is 812. The van der Waals surface area contributed by atoms with Crippen molar-refractivity contribution >= 4 is 5.96 Å². The van der Waals surface area contributed by atoms with Crippen LogP contribution in [0.1, 0.15) is 25.0 Å². The van der Waals surface area contributed by atoms with E-state index in [1.807, 2.05) is 30.3 Å². The molecule has 0 bridgehead atoms. The van der Waals surface area contributed by atoms with Gasteiger partial charge in [-0.3, -0.25) is 4.99 Å². The maximum absolute atomic E-state index is 5.93. The number of hydrogen-bond donors (Lipinski definition) is 2. The van der Waals surface area contributed by atoms with Crippen LogP contribution in [-0.2, 0) is 13.1 Å². The molecule has 0 aliphatic carbocycles. The molecule has 2 rings (SSSR count). The van der Waals surface area contributed by atoms with E-state index in [1.165, 1.54) is 0 Å². The van der Waals surface area contributed by atoms with Crippen LogP contribution >= 0.6 is 0 Å². The summed E-state index contributed by atoms with van der Waals surface area (Å²) in [4.78, 5) is 4.31. The molecule has 2 aromatic carbocycles. The second-order valence-corrected chi connectivity index (χ2v) is 7.13. The standard InChI is InChI=1S/C23H33N3O4/c1-16(2)15-30-19-10-8-7-9-18(19)14-26-23(24-3)25-13-17-11-20(27-4)22(29-6)21(12-17)28-5/h7-12,16H,13-15H2,1-6H3,(H2,24,25,26). The van der Waals surface area contributed by atoms with Crippen molar-refractivity contribution in [3.05, 3.63) is 47.5 Å². The van der Waals surface area contributed by atoms with Gasteiger partial charge < -0.3 is 29.6 Å². The Hall–Kier alpha value is -3.09. The summed E-state index contributed by atoms with van der Waals surface area (Å²) in [5, 5.41) is 6.65. The molecule has 7 heteroatoms. The lowest BCUT2D eigenvalue weighted by molar-refractivity contribution is 0.268. The second kappa shape index (κ2) is 11.8. The third kappa shape index (κ3) is 6.47. The molecule has 0 aliphatic heterocycles. The van der Waals surface area contributed by atoms with E-state index in [4.69, 9.17) is 18.9 Å². The molecular weight excluding hydrogens is 382 g/mol. The molecule has 0 aromatic heterocycles. The van der Waals surface area contributed by atoms with Crippen LogP contribution in [0, 0.1) is 5.92 Å². The number of nitrogens with one attached hydrogen (secondary N) is 2. The first-order valence-electron chi connectivity index (χ1n) is 9.96. The zero-order chi connectivity index (χ0) is 21.9. The van der Waals surface area contributed by atoms with Gasteiger partial charge in [-0.25, -0.2) is 0 Å². The molecule has 0 fully saturated rings. The first-order chi connectivity index (χ1) is 14.5. The summed E-state index contributed by atoms with van der Waals surface area (Å²) >= 11 is 0. The summed E-state index contributed by atoms with van der Waals surface area (Å²) in [6, 6.07) is 11.9. The van der Waals surface area contributed by atoms with Crippen LogP contribution < -0.4 is 29.6 Å². The number of nitrogens with zero attached hydrogens (tertiary/aromatic N) is 1. The minimum atomic E-state index is 0.471. The predicted octanol–water partition coefficient (Wildman–Crippen LogP) is 3.61. The highest BCUT2D eigenvalue weighted by atomic mass is 16.5. The molecular formula is C23H33N3O4. The van der Waals surface area contributed by atoms with Crippen LogP contribution in [0.2, 0.25) is 0 Å². The highest BCUT2D eigenvalue weighted by Gasteiger charge is 2.13. The molecule has 0 unspecified atom stereocenters. The van der Waals surface area contributed by atoms with Crippen LogP contribution in [0.15, 0.2) is 41.4 Å². The average Bonchev–Trinajstić information content (AvgIpc) is 2.77. The average molecular weight is 416 g/mol. The van der Waals surface area contributed by atoms with Crippen molar-refractivity contribution in [2.24, 2.45) is 10.9 Å². The van der Waals surface area contributed by atoms with E-state index in [2.05, 4.69) is 35.5 Å². The second-order valence-electron chi connectivity index (χ2n) is 7.13. The maximum atomic E-state index is 5.93. The molecule has 164 valence electrons. The zero-order valence-corrected chi connectivity index (χ0v) is 18.7. The molecule has 30 heavy (non-hydrogen) atoms. The summed E-state index contributed by atoms with van der Waals surface area (Å²) in [7, 11) is 6.54. The van der Waals surface area contributed by atoms with E-state index < -0.39 is 0 Å². The van der Waals surface area contributed by atoms with Gasteiger partial charge in [0, 0.05) is 25.7 Å². The van der Waals surface area contributed by atoms with Crippen molar-refractivity contribution in [1.82, 2.24) is 10.6 Å². The van der Waals surface area contributed by atoms with Crippen LogP contribution in [0.3, 0.4) is 0 Å². The SMILES string of the molecule is CN=C(NCc1cc(OC)c(OC)c(OC)c1)NCc1ccccc1OCC(C)C. The van der Waals surface area contributed by atoms with Gasteiger partial charge in [-0.15, -0.1) is 0 Å². The van der Waals surface area contributed by atoms with Crippen LogP contribution in [0.4, 0.5) is 0 Å². The fourth-order valence-electron chi connectivity index (χ4n) is 2.87. The minimum absolute atomic E-state index is 0.471. The summed E-state index contributed by atoms with van der Waals surface area (Å²) in [5.41, 5.74) is 2.06. The Morgan fingerprint density at radius 3 is 2.10 bits per heavy atom. The van der Waals surface area contributed by atoms with Gasteiger partial charge in [0.25, 0.3) is 0 Å². The summed E-state index contributed by atoms with van der Waals surface area (Å²) in [6.07, 6.45) is 0. The highest BCUT2D eigenvalue weighted by Crippen LogP contribution is 2.38. The lowest BCUT2D eigenvalue weighted by Gasteiger charge is -2.17. The van der Waals surface area contributed by atoms with E-state index >= 15 is 0 Å². The monoisotopic (exact) mass is 415 g/mol. The van der Waals surface area contributed by atoms with E-state index in [0.717, 1.165) is 16.9 Å². The summed E-state index contributed by atoms with van der Waals surface area (Å²) in [6.45, 7) is 6.10. The van der Waals surface area contributed by atoms with Gasteiger partial charge in [0.2, 0.25) is 5.75 Å². The number of aliphatic imine (C=N–C) groups is 1. The Labute approximate surface area is 179 Å². The minimum Gasteiger partial charge on any atom is -0.493 e. The quantitative estimate of drug-likeness (QED) is 0.456. The number of benzene rings is 2. The van der Waals surface area contributed by atoms with Crippen LogP contribution in [0.25, 0.3) is 0 Å². The number of hydrogen-bond acceptors (Lipinski definition) is 5. The molecule has 0 atom stereocenters. The van der Waals surface area contributed by atoms with Crippen LogP contribution in [0.5, 0.6) is 23.0 Å². The number of methoxy groups -OCH3 is 3. The lowest BCUT2D eigenvalue weighted by Crippen LogP contribution is -2.36. The Balaban J connectivity index is 2.01. The smallest absolute Gasteiger partial charge is 0.203 e. The van der Waals surface area contributed by atoms with Crippen molar-refractivity contribution in [1.29, 1.82) is 0 Å². The third-order valence-electron chi connectivity index (χ3n) is 4.40. The molecule has 0 radical (unpaired) electrons. The molecule has 0 saturated heterocycles. The third-order valence-corrected chi connectivity index (χ3v) is 4.40. The first-order valence-corrected chi connectivity index (χ1v) is 9.96. The number of ether oxygens (including phenoxy) is 4. The molecule has 0 saturated carbocycles. The molecule has 7 nitrogen and oxygen atoms in total. The molecule has 0 spiro atoms. The predicted molar refractivity (Wildman–Crippen MR) is 120 cm³/mol. The van der Waals surface area contributed by atoms with E-state index in [0.29, 0.717) is 48.8 Å². The van der Waals surface area contributed by atoms with Gasteiger partial charge in [0.1, 0.15) is 5.75 Å². The Kier molecular flexibility index (Phi) is 9.12. The maximum Gasteiger partial charge on any atom is 0.203 e. The van der Waals surface area contributed by atoms with Gasteiger partial charge in [0.15, 0.2) is 17.5 Å². The first kappa shape index (κ1) is 23.2. The molecule has 2 N–H and O–H groups in total. The zero-order valence-electron chi connectivity index (χ0n) is 18.7. The van der Waals surface area contributed by atoms with E-state index in [9.17, 15) is 0 Å². The van der Waals surface area contributed by atoms with Gasteiger partial charge in [-0.2, -0.15) is 0 Å². The molecule has 0 heterocycles. The van der Waals surface area contributed by atoms with Crippen molar-refractivity contribution in [2.75, 3.05) is 35.0 Å². The normalized spacial score (nSPS) is 11.2. The summed E-state index contributed by atoms with van der Waals surface area (Å²) < 4.78 is 22.1. The molecule has 0 aliphatic rings. The topological polar surface area (TPSA) is 73.3 Å². The van der Waals surface area contributed by atoms with E-state index in [1.54, 1.807) is 28.4 Å². The van der Waals surface area contributed by atoms with Crippen molar-refractivity contribution in [3.8, 4) is 23.0 Å². The van der Waals surface area contributed by atoms with Gasteiger partial charge in [-0.1, -0.05) is 32.0 Å². The lowest BCUT2D eigenvalue weighted by atomic mass is 10.1. The van der Waals surface area contributed by atoms with E-state index in [-0.39, 0.29) is 0 Å². The number of rotatable bonds is 10. The van der Waals surface area contributed by atoms with Crippen LogP contribution in [-0.4, -0.2) is 40.9 Å². The fourth-order valence-corrected chi connectivity index (χ4v) is 2.87. The number of guanidine groups is 1. The fraction of sp³-hybridized carbons (Fsp3) is 0.435. The van der Waals surface area contributed by atoms with Crippen molar-refractivity contribution < 1.29 is 18.9 Å². The Morgan fingerprint density at radius 1 is 0.900 bits per heavy atom. The van der Waals surface area contributed by atoms with Crippen molar-refractivity contribution in [3.63, 3.8) is 0 Å². The van der Waals surface area contributed by atoms with Gasteiger partial charge >= 0.3 is 0 Å². The number of para-hydroxylation sites is 1. The molecule has 0 amide bonds. The van der Waals surface area contributed by atoms with Crippen molar-refractivity contribution in [2.45, 2.75) is 26.9 Å². The highest BCUT2D eigenvalue weighted by molar-refractivity contribution is 5.79.